The number of esters is 4. The Labute approximate surface area is 524 Å². The maximum atomic E-state index is 13.0. The van der Waals surface area contributed by atoms with Crippen LogP contribution in [0, 0.1) is 5.92 Å². The zero-order valence-electron chi connectivity index (χ0n) is 55.4. The fourth-order valence-electron chi connectivity index (χ4n) is 10.1. The Bertz CT molecular complexity index is 1670. The Morgan fingerprint density at radius 3 is 0.826 bits per heavy atom. The first-order valence-electron chi connectivity index (χ1n) is 35.2. The number of hydrogen-bond acceptors (Lipinski definition) is 15. The third-order valence-corrected chi connectivity index (χ3v) is 17.8. The van der Waals surface area contributed by atoms with E-state index in [-0.39, 0.29) is 25.7 Å². The van der Waals surface area contributed by atoms with Crippen molar-refractivity contribution in [2.24, 2.45) is 5.92 Å². The van der Waals surface area contributed by atoms with E-state index in [1.54, 1.807) is 0 Å². The summed E-state index contributed by atoms with van der Waals surface area (Å²) in [5.41, 5.74) is 0. The van der Waals surface area contributed by atoms with Crippen molar-refractivity contribution in [3.05, 3.63) is 0 Å². The van der Waals surface area contributed by atoms with Gasteiger partial charge in [-0.1, -0.05) is 291 Å². The van der Waals surface area contributed by atoms with Gasteiger partial charge in [0.05, 0.1) is 26.4 Å². The van der Waals surface area contributed by atoms with Crippen molar-refractivity contribution in [2.45, 2.75) is 361 Å². The van der Waals surface area contributed by atoms with Gasteiger partial charge >= 0.3 is 39.5 Å². The largest absolute Gasteiger partial charge is 0.472 e. The van der Waals surface area contributed by atoms with E-state index < -0.39 is 97.5 Å². The predicted octanol–water partition coefficient (Wildman–Crippen LogP) is 19.0. The molecule has 0 radical (unpaired) electrons. The molecule has 86 heavy (non-hydrogen) atoms. The van der Waals surface area contributed by atoms with E-state index in [0.717, 1.165) is 95.8 Å². The Balaban J connectivity index is 5.24. The third kappa shape index (κ3) is 59.7. The molecule has 0 aromatic rings. The highest BCUT2D eigenvalue weighted by atomic mass is 31.2. The van der Waals surface area contributed by atoms with Crippen LogP contribution in [0.15, 0.2) is 0 Å². The number of phosphoric acid groups is 2. The lowest BCUT2D eigenvalue weighted by atomic mass is 10.00. The summed E-state index contributed by atoms with van der Waals surface area (Å²) in [7, 11) is -9.89. The van der Waals surface area contributed by atoms with E-state index in [2.05, 4.69) is 34.6 Å². The Morgan fingerprint density at radius 2 is 0.558 bits per heavy atom. The molecule has 510 valence electrons. The third-order valence-electron chi connectivity index (χ3n) is 15.9. The summed E-state index contributed by atoms with van der Waals surface area (Å²) < 4.78 is 68.1. The monoisotopic (exact) mass is 1270 g/mol. The van der Waals surface area contributed by atoms with E-state index in [0.29, 0.717) is 25.7 Å². The van der Waals surface area contributed by atoms with E-state index in [4.69, 9.17) is 37.0 Å². The lowest BCUT2D eigenvalue weighted by Gasteiger charge is -2.21. The first-order valence-corrected chi connectivity index (χ1v) is 38.2. The molecule has 0 aromatic carbocycles. The standard InChI is InChI=1S/C67H130O17P2/c1-6-10-13-16-19-22-25-27-28-30-33-36-42-47-52-66(71)83-62(56-77-65(70)51-46-41-35-32-29-26-23-20-17-14-11-7-2)58-81-85(73,74)79-54-61(68)55-80-86(75,76)82-59-63(84-67(72)53-48-43-38-37-39-44-49-60(5)9-4)57-78-64(69)50-45-40-34-31-24-21-18-15-12-8-3/h60-63,68H,6-59H2,1-5H3,(H,73,74)(H,75,76)/t60?,61-,62-,63-/m1/s1. The Hall–Kier alpha value is -1.94. The molecule has 0 saturated carbocycles. The summed E-state index contributed by atoms with van der Waals surface area (Å²) in [4.78, 5) is 72.4. The number of aliphatic hydroxyl groups excluding tert-OH is 1. The number of ether oxygens (including phenoxy) is 4. The maximum Gasteiger partial charge on any atom is 0.472 e. The molecule has 0 aliphatic carbocycles. The average molecular weight is 1270 g/mol. The fourth-order valence-corrected chi connectivity index (χ4v) is 11.7. The van der Waals surface area contributed by atoms with Crippen molar-refractivity contribution in [3.63, 3.8) is 0 Å². The topological polar surface area (TPSA) is 237 Å². The molecule has 0 spiro atoms. The van der Waals surface area contributed by atoms with E-state index in [9.17, 15) is 43.2 Å². The maximum absolute atomic E-state index is 13.0. The highest BCUT2D eigenvalue weighted by Crippen LogP contribution is 2.45. The van der Waals surface area contributed by atoms with Crippen molar-refractivity contribution < 1.29 is 80.2 Å². The van der Waals surface area contributed by atoms with Crippen molar-refractivity contribution in [1.29, 1.82) is 0 Å². The molecule has 6 atom stereocenters. The SMILES string of the molecule is CCCCCCCCCCCCCCCCC(=O)O[C@H](COC(=O)CCCCCCCCCCCCCC)COP(=O)(O)OC[C@@H](O)COP(=O)(O)OC[C@@H](COC(=O)CCCCCCCCCCCC)OC(=O)CCCCCCCCC(C)CC. The molecule has 0 fully saturated rings. The zero-order valence-corrected chi connectivity index (χ0v) is 57.2. The number of phosphoric ester groups is 2. The fraction of sp³-hybridized carbons (Fsp3) is 0.940. The van der Waals surface area contributed by atoms with Crippen LogP contribution in [0.1, 0.15) is 343 Å². The molecule has 0 aliphatic heterocycles. The molecule has 0 aliphatic rings. The Morgan fingerprint density at radius 1 is 0.326 bits per heavy atom. The van der Waals surface area contributed by atoms with Gasteiger partial charge in [0.2, 0.25) is 0 Å². The van der Waals surface area contributed by atoms with Gasteiger partial charge in [-0.15, -0.1) is 0 Å². The second kappa shape index (κ2) is 60.6. The summed E-state index contributed by atoms with van der Waals surface area (Å²) in [6, 6.07) is 0. The zero-order chi connectivity index (χ0) is 63.5. The second-order valence-electron chi connectivity index (χ2n) is 24.5. The molecular formula is C67H130O17P2. The summed E-state index contributed by atoms with van der Waals surface area (Å²) >= 11 is 0. The smallest absolute Gasteiger partial charge is 0.462 e. The van der Waals surface area contributed by atoms with Gasteiger partial charge in [-0.05, 0) is 31.6 Å². The molecule has 0 amide bonds. The number of rotatable bonds is 67. The van der Waals surface area contributed by atoms with Gasteiger partial charge in [0.1, 0.15) is 19.3 Å². The van der Waals surface area contributed by atoms with Gasteiger partial charge in [-0.3, -0.25) is 37.3 Å². The van der Waals surface area contributed by atoms with Crippen molar-refractivity contribution in [3.8, 4) is 0 Å². The van der Waals surface area contributed by atoms with Gasteiger partial charge in [0, 0.05) is 25.7 Å². The summed E-state index contributed by atoms with van der Waals surface area (Å²) in [5.74, 6) is -1.41. The quantitative estimate of drug-likeness (QED) is 0.0222. The molecular weight excluding hydrogens is 1140 g/mol. The minimum atomic E-state index is -4.95. The lowest BCUT2D eigenvalue weighted by molar-refractivity contribution is -0.161. The van der Waals surface area contributed by atoms with Crippen LogP contribution in [0.5, 0.6) is 0 Å². The number of unbranched alkanes of at least 4 members (excludes halogenated alkanes) is 38. The van der Waals surface area contributed by atoms with Crippen LogP contribution in [-0.4, -0.2) is 96.7 Å². The van der Waals surface area contributed by atoms with Crippen LogP contribution in [0.4, 0.5) is 0 Å². The van der Waals surface area contributed by atoms with Crippen molar-refractivity contribution in [2.75, 3.05) is 39.6 Å². The summed E-state index contributed by atoms with van der Waals surface area (Å²) in [5, 5.41) is 10.6. The van der Waals surface area contributed by atoms with E-state index in [1.165, 1.54) is 167 Å². The first-order chi connectivity index (χ1) is 41.6. The minimum Gasteiger partial charge on any atom is -0.462 e. The molecule has 0 aromatic heterocycles. The van der Waals surface area contributed by atoms with Gasteiger partial charge in [0.15, 0.2) is 12.2 Å². The molecule has 0 bridgehead atoms. The number of aliphatic hydroxyl groups is 1. The average Bonchev–Trinajstić information content (AvgIpc) is 3.51. The van der Waals surface area contributed by atoms with Crippen molar-refractivity contribution in [1.82, 2.24) is 0 Å². The molecule has 19 heteroatoms. The molecule has 0 rings (SSSR count). The van der Waals surface area contributed by atoms with Crippen LogP contribution < -0.4 is 0 Å². The van der Waals surface area contributed by atoms with Crippen molar-refractivity contribution >= 4 is 39.5 Å². The molecule has 0 saturated heterocycles. The second-order valence-corrected chi connectivity index (χ2v) is 27.4. The molecule has 17 nitrogen and oxygen atoms in total. The predicted molar refractivity (Wildman–Crippen MR) is 345 cm³/mol. The summed E-state index contributed by atoms with van der Waals surface area (Å²) in [6.45, 7) is 7.17. The van der Waals surface area contributed by atoms with E-state index in [1.807, 2.05) is 0 Å². The first kappa shape index (κ1) is 84.1. The number of hydrogen-bond donors (Lipinski definition) is 3. The van der Waals surface area contributed by atoms with E-state index >= 15 is 0 Å². The molecule has 3 unspecified atom stereocenters. The highest BCUT2D eigenvalue weighted by Gasteiger charge is 2.30. The molecule has 0 heterocycles. The Kier molecular flexibility index (Phi) is 59.2. The van der Waals surface area contributed by atoms with Crippen LogP contribution in [0.25, 0.3) is 0 Å². The number of carbonyl (C=O) groups is 4. The van der Waals surface area contributed by atoms with Gasteiger partial charge in [-0.25, -0.2) is 9.13 Å². The van der Waals surface area contributed by atoms with Crippen LogP contribution in [0.3, 0.4) is 0 Å². The van der Waals surface area contributed by atoms with Crippen LogP contribution in [-0.2, 0) is 65.4 Å². The van der Waals surface area contributed by atoms with Crippen LogP contribution in [0.2, 0.25) is 0 Å². The minimum absolute atomic E-state index is 0.103. The lowest BCUT2D eigenvalue weighted by Crippen LogP contribution is -2.30. The number of carbonyl (C=O) groups excluding carboxylic acids is 4. The molecule has 3 N–H and O–H groups in total. The summed E-state index contributed by atoms with van der Waals surface area (Å²) in [6.07, 6.45) is 45.7. The van der Waals surface area contributed by atoms with Gasteiger partial charge in [-0.2, -0.15) is 0 Å². The normalized spacial score (nSPS) is 14.5. The highest BCUT2D eigenvalue weighted by molar-refractivity contribution is 7.47. The van der Waals surface area contributed by atoms with Gasteiger partial charge in [0.25, 0.3) is 0 Å². The van der Waals surface area contributed by atoms with Gasteiger partial charge < -0.3 is 33.8 Å². The van der Waals surface area contributed by atoms with Crippen LogP contribution >= 0.6 is 15.6 Å².